The van der Waals surface area contributed by atoms with Crippen LogP contribution in [0.5, 0.6) is 0 Å². The van der Waals surface area contributed by atoms with Crippen molar-refractivity contribution >= 4 is 11.9 Å². The van der Waals surface area contributed by atoms with Gasteiger partial charge in [0.15, 0.2) is 0 Å². The molecule has 1 heterocycles. The molecule has 1 saturated heterocycles. The Labute approximate surface area is 175 Å². The standard InChI is InChI=1S/C19H22O6.Na.H/c1-9-7-17-8-18(9,24)5-3-10(17)19-6-4-11(20)16(2,15(23)25-19)13(19)12(17)14(21)22;;/h4,6,10-13,20,24H,1,3,5,7-8H2,2H3,(H,21,22);;/q;+1;-1/t10-,11+,12-,13-,16-,17+,18+,19-;;/m1../s1. The molecular weight excluding hydrogens is 347 g/mol. The summed E-state index contributed by atoms with van der Waals surface area (Å²) in [6.07, 6.45) is 4.11. The maximum atomic E-state index is 12.7. The second kappa shape index (κ2) is 5.03. The minimum atomic E-state index is -1.27. The molecule has 136 valence electrons. The fourth-order valence-electron chi connectivity index (χ4n) is 7.13. The fraction of sp³-hybridized carbons (Fsp3) is 0.684. The molecule has 1 aliphatic heterocycles. The topological polar surface area (TPSA) is 104 Å². The Hall–Kier alpha value is -0.660. The Morgan fingerprint density at radius 3 is 2.81 bits per heavy atom. The summed E-state index contributed by atoms with van der Waals surface area (Å²) in [5, 5.41) is 31.6. The first-order valence-corrected chi connectivity index (χ1v) is 8.86. The Morgan fingerprint density at radius 1 is 1.46 bits per heavy atom. The van der Waals surface area contributed by atoms with Crippen LogP contribution in [0.3, 0.4) is 0 Å². The van der Waals surface area contributed by atoms with E-state index < -0.39 is 51.9 Å². The first-order chi connectivity index (χ1) is 11.6. The van der Waals surface area contributed by atoms with E-state index in [1.54, 1.807) is 19.1 Å². The van der Waals surface area contributed by atoms with Gasteiger partial charge in [-0.2, -0.15) is 0 Å². The normalized spacial score (nSPS) is 55.8. The molecule has 3 saturated carbocycles. The summed E-state index contributed by atoms with van der Waals surface area (Å²) in [6.45, 7) is 5.64. The third-order valence-electron chi connectivity index (χ3n) is 8.12. The number of hydrogen-bond donors (Lipinski definition) is 3. The van der Waals surface area contributed by atoms with Crippen LogP contribution in [0, 0.1) is 28.6 Å². The van der Waals surface area contributed by atoms with E-state index in [0.717, 1.165) is 0 Å². The van der Waals surface area contributed by atoms with Crippen molar-refractivity contribution in [3.05, 3.63) is 24.3 Å². The summed E-state index contributed by atoms with van der Waals surface area (Å²) in [4.78, 5) is 25.1. The number of esters is 1. The van der Waals surface area contributed by atoms with Crippen molar-refractivity contribution in [3.8, 4) is 0 Å². The first-order valence-electron chi connectivity index (χ1n) is 8.86. The van der Waals surface area contributed by atoms with E-state index in [-0.39, 0.29) is 36.9 Å². The minimum absolute atomic E-state index is 0. The first kappa shape index (κ1) is 18.7. The molecule has 26 heavy (non-hydrogen) atoms. The monoisotopic (exact) mass is 370 g/mol. The van der Waals surface area contributed by atoms with Gasteiger partial charge in [-0.3, -0.25) is 9.59 Å². The molecule has 0 aromatic rings. The maximum Gasteiger partial charge on any atom is 1.00 e. The number of aliphatic hydroxyl groups excluding tert-OH is 1. The Balaban J connectivity index is 0.00000105. The summed E-state index contributed by atoms with van der Waals surface area (Å²) in [5.74, 6) is -3.18. The third kappa shape index (κ3) is 1.68. The van der Waals surface area contributed by atoms with Gasteiger partial charge in [0.2, 0.25) is 0 Å². The quantitative estimate of drug-likeness (QED) is 0.284. The van der Waals surface area contributed by atoms with Crippen LogP contribution in [0.15, 0.2) is 24.3 Å². The van der Waals surface area contributed by atoms with E-state index >= 15 is 0 Å². The van der Waals surface area contributed by atoms with Crippen molar-refractivity contribution in [1.29, 1.82) is 0 Å². The summed E-state index contributed by atoms with van der Waals surface area (Å²) < 4.78 is 5.87. The van der Waals surface area contributed by atoms with Crippen LogP contribution in [0.1, 0.15) is 34.0 Å². The zero-order valence-corrected chi connectivity index (χ0v) is 17.1. The van der Waals surface area contributed by atoms with Crippen molar-refractivity contribution in [3.63, 3.8) is 0 Å². The number of aliphatic hydroxyl groups is 2. The predicted molar refractivity (Wildman–Crippen MR) is 86.3 cm³/mol. The average Bonchev–Trinajstić information content (AvgIpc) is 2.95. The second-order valence-electron chi connectivity index (χ2n) is 8.94. The van der Waals surface area contributed by atoms with Gasteiger partial charge in [-0.05, 0) is 49.7 Å². The number of carbonyl (C=O) groups excluding carboxylic acids is 1. The van der Waals surface area contributed by atoms with Gasteiger partial charge in [0, 0.05) is 11.8 Å². The van der Waals surface area contributed by atoms with Crippen molar-refractivity contribution < 1.29 is 60.6 Å². The van der Waals surface area contributed by atoms with Crippen LogP contribution in [-0.4, -0.2) is 44.6 Å². The van der Waals surface area contributed by atoms with Crippen LogP contribution < -0.4 is 29.6 Å². The maximum absolute atomic E-state index is 12.7. The largest absolute Gasteiger partial charge is 1.00 e. The number of carboxylic acid groups (broad SMARTS) is 1. The smallest absolute Gasteiger partial charge is 1.00 e. The molecule has 6 nitrogen and oxygen atoms in total. The molecule has 5 rings (SSSR count). The second-order valence-corrected chi connectivity index (χ2v) is 8.94. The summed E-state index contributed by atoms with van der Waals surface area (Å²) >= 11 is 0. The zero-order chi connectivity index (χ0) is 18.0. The molecule has 0 radical (unpaired) electrons. The molecule has 0 unspecified atom stereocenters. The molecule has 4 fully saturated rings. The Morgan fingerprint density at radius 2 is 2.15 bits per heavy atom. The average molecular weight is 370 g/mol. The molecule has 3 N–H and O–H groups in total. The number of rotatable bonds is 1. The third-order valence-corrected chi connectivity index (χ3v) is 8.12. The number of fused-ring (bicyclic) bond motifs is 1. The van der Waals surface area contributed by atoms with E-state index in [4.69, 9.17) is 4.74 Å². The van der Waals surface area contributed by atoms with Crippen molar-refractivity contribution in [2.75, 3.05) is 0 Å². The molecule has 4 bridgehead atoms. The summed E-state index contributed by atoms with van der Waals surface area (Å²) in [7, 11) is 0. The predicted octanol–water partition coefficient (Wildman–Crippen LogP) is -1.86. The summed E-state index contributed by atoms with van der Waals surface area (Å²) in [5.41, 5.74) is -3.29. The fourth-order valence-corrected chi connectivity index (χ4v) is 7.13. The van der Waals surface area contributed by atoms with E-state index in [1.807, 2.05) is 0 Å². The van der Waals surface area contributed by atoms with Gasteiger partial charge in [0.1, 0.15) is 11.0 Å². The van der Waals surface area contributed by atoms with Crippen LogP contribution in [-0.2, 0) is 14.3 Å². The van der Waals surface area contributed by atoms with Gasteiger partial charge in [-0.15, -0.1) is 0 Å². The molecule has 5 aliphatic rings. The van der Waals surface area contributed by atoms with Crippen LogP contribution in [0.2, 0.25) is 0 Å². The molecular formula is C19H23NaO6. The van der Waals surface area contributed by atoms with Gasteiger partial charge in [0.25, 0.3) is 0 Å². The van der Waals surface area contributed by atoms with Gasteiger partial charge in [0.05, 0.1) is 17.6 Å². The number of ether oxygens (including phenoxy) is 1. The number of carbonyl (C=O) groups is 2. The Bertz CT molecular complexity index is 784. The zero-order valence-electron chi connectivity index (χ0n) is 16.1. The molecule has 8 atom stereocenters. The number of aliphatic carboxylic acids is 1. The molecule has 0 aromatic heterocycles. The van der Waals surface area contributed by atoms with Gasteiger partial charge < -0.3 is 21.5 Å². The van der Waals surface area contributed by atoms with E-state index in [9.17, 15) is 24.9 Å². The van der Waals surface area contributed by atoms with Gasteiger partial charge in [-0.1, -0.05) is 12.7 Å². The van der Waals surface area contributed by atoms with Crippen LogP contribution in [0.25, 0.3) is 0 Å². The SMILES string of the molecule is C=C1C[C@]23C[C@@]1(O)CC[C@H]2[C@@]12C=C[C@H](O)[C@@](C)(C(=O)O1)[C@H]2[C@@H]3C(=O)O.[H-].[Na+]. The number of carboxylic acids is 1. The molecule has 0 aromatic carbocycles. The molecule has 4 aliphatic carbocycles. The van der Waals surface area contributed by atoms with E-state index in [2.05, 4.69) is 6.58 Å². The molecule has 1 spiro atoms. The van der Waals surface area contributed by atoms with Crippen LogP contribution in [0.4, 0.5) is 0 Å². The van der Waals surface area contributed by atoms with Crippen molar-refractivity contribution in [1.82, 2.24) is 0 Å². The van der Waals surface area contributed by atoms with Crippen molar-refractivity contribution in [2.45, 2.75) is 49.9 Å². The number of hydrogen-bond acceptors (Lipinski definition) is 5. The van der Waals surface area contributed by atoms with Gasteiger partial charge in [-0.25, -0.2) is 0 Å². The van der Waals surface area contributed by atoms with E-state index in [0.29, 0.717) is 31.3 Å². The molecule has 7 heteroatoms. The van der Waals surface area contributed by atoms with Crippen molar-refractivity contribution in [2.24, 2.45) is 28.6 Å². The summed E-state index contributed by atoms with van der Waals surface area (Å²) in [6, 6.07) is 0. The minimum Gasteiger partial charge on any atom is -1.00 e. The van der Waals surface area contributed by atoms with Crippen LogP contribution >= 0.6 is 0 Å². The van der Waals surface area contributed by atoms with E-state index in [1.165, 1.54) is 0 Å². The molecule has 0 amide bonds. The van der Waals surface area contributed by atoms with Gasteiger partial charge >= 0.3 is 41.5 Å². The Kier molecular flexibility index (Phi) is 3.62.